The molecule has 1 atom stereocenters. The second-order valence-electron chi connectivity index (χ2n) is 7.11. The van der Waals surface area contributed by atoms with E-state index in [0.717, 1.165) is 38.4 Å². The zero-order chi connectivity index (χ0) is 22.6. The van der Waals surface area contributed by atoms with Crippen molar-refractivity contribution in [1.29, 1.82) is 0 Å². The molecule has 0 bridgehead atoms. The Kier molecular flexibility index (Phi) is 7.12. The quantitative estimate of drug-likeness (QED) is 0.568. The lowest BCUT2D eigenvalue weighted by Gasteiger charge is -2.32. The number of aromatic nitrogens is 2. The molecule has 0 radical (unpaired) electrons. The first-order valence-corrected chi connectivity index (χ1v) is 10.0. The van der Waals surface area contributed by atoms with Crippen LogP contribution in [0.4, 0.5) is 19.0 Å². The normalized spacial score (nSPS) is 16.6. The molecule has 0 saturated carbocycles. The van der Waals surface area contributed by atoms with Crippen molar-refractivity contribution in [2.75, 3.05) is 25.1 Å². The van der Waals surface area contributed by atoms with E-state index in [2.05, 4.69) is 9.97 Å². The van der Waals surface area contributed by atoms with Gasteiger partial charge in [-0.1, -0.05) is 23.7 Å². The highest BCUT2D eigenvalue weighted by atomic mass is 35.5. The number of hydrogen-bond donors (Lipinski definition) is 1. The van der Waals surface area contributed by atoms with Crippen LogP contribution < -0.4 is 4.90 Å². The van der Waals surface area contributed by atoms with Gasteiger partial charge in [-0.2, -0.15) is 13.2 Å². The van der Waals surface area contributed by atoms with E-state index in [1.54, 1.807) is 18.2 Å². The van der Waals surface area contributed by atoms with E-state index in [0.29, 0.717) is 40.9 Å². The summed E-state index contributed by atoms with van der Waals surface area (Å²) in [5.74, 6) is 0.523. The van der Waals surface area contributed by atoms with Gasteiger partial charge in [-0.15, -0.1) is 0 Å². The van der Waals surface area contributed by atoms with Gasteiger partial charge in [-0.25, -0.2) is 9.97 Å². The lowest BCUT2D eigenvalue weighted by molar-refractivity contribution is -0.137. The number of carbonyl (C=O) groups is 1. The monoisotopic (exact) mass is 451 g/mol. The van der Waals surface area contributed by atoms with E-state index in [9.17, 15) is 18.0 Å². The summed E-state index contributed by atoms with van der Waals surface area (Å²) in [4.78, 5) is 22.0. The Balaban J connectivity index is 0.00000132. The third-order valence-corrected chi connectivity index (χ3v) is 5.35. The summed E-state index contributed by atoms with van der Waals surface area (Å²) in [5, 5.41) is 7.65. The van der Waals surface area contributed by atoms with Gasteiger partial charge in [0.25, 0.3) is 0 Å². The summed E-state index contributed by atoms with van der Waals surface area (Å²) < 4.78 is 39.9. The Labute approximate surface area is 182 Å². The smallest absolute Gasteiger partial charge is 0.400 e. The minimum absolute atomic E-state index is 0.00391. The average Bonchev–Trinajstić information content (AvgIpc) is 2.78. The van der Waals surface area contributed by atoms with Crippen LogP contribution in [0.15, 0.2) is 42.7 Å². The standard InChI is InChI=1S/C21H17ClF3N3O.CH4O/c22-16-8-14(7-15(9-16)21(23,24)25)17-4-1-5-18-19(17)20(27-12-26-18)28-6-2-3-13(10-28)11-29;1-2/h1,4-5,7-9,11-13H,2-3,6,10H2;2H,1H3. The van der Waals surface area contributed by atoms with Crippen LogP contribution in [0.25, 0.3) is 22.0 Å². The molecule has 1 N–H and O–H groups in total. The number of carbonyl (C=O) groups excluding carboxylic acids is 1. The Hall–Kier alpha value is -2.71. The van der Waals surface area contributed by atoms with Crippen molar-refractivity contribution in [3.8, 4) is 11.1 Å². The predicted octanol–water partition coefficient (Wildman–Crippen LogP) is 4.99. The molecule has 0 amide bonds. The molecular formula is C22H21ClF3N3O2. The number of nitrogens with zero attached hydrogens (tertiary/aromatic N) is 3. The number of halogens is 4. The molecule has 3 aromatic rings. The van der Waals surface area contributed by atoms with E-state index in [1.807, 2.05) is 4.90 Å². The Morgan fingerprint density at radius 3 is 2.68 bits per heavy atom. The highest BCUT2D eigenvalue weighted by Crippen LogP contribution is 2.39. The van der Waals surface area contributed by atoms with E-state index < -0.39 is 11.7 Å². The number of aliphatic hydroxyl groups is 1. The molecule has 2 aromatic carbocycles. The largest absolute Gasteiger partial charge is 0.416 e. The fourth-order valence-corrected chi connectivity index (χ4v) is 4.03. The van der Waals surface area contributed by atoms with Gasteiger partial charge in [0.1, 0.15) is 18.4 Å². The van der Waals surface area contributed by atoms with Crippen LogP contribution in [0.3, 0.4) is 0 Å². The molecule has 2 heterocycles. The van der Waals surface area contributed by atoms with Gasteiger partial charge in [0.15, 0.2) is 0 Å². The van der Waals surface area contributed by atoms with Crippen LogP contribution in [0, 0.1) is 5.92 Å². The molecule has 164 valence electrons. The summed E-state index contributed by atoms with van der Waals surface area (Å²) in [7, 11) is 1.00. The number of rotatable bonds is 3. The van der Waals surface area contributed by atoms with Crippen molar-refractivity contribution < 1.29 is 23.1 Å². The van der Waals surface area contributed by atoms with Crippen LogP contribution >= 0.6 is 11.6 Å². The van der Waals surface area contributed by atoms with Gasteiger partial charge in [-0.05, 0) is 48.2 Å². The summed E-state index contributed by atoms with van der Waals surface area (Å²) >= 11 is 6.00. The minimum Gasteiger partial charge on any atom is -0.400 e. The second kappa shape index (κ2) is 9.62. The molecule has 1 unspecified atom stereocenters. The summed E-state index contributed by atoms with van der Waals surface area (Å²) in [6.45, 7) is 1.24. The van der Waals surface area contributed by atoms with Crippen molar-refractivity contribution >= 4 is 34.6 Å². The number of aliphatic hydroxyl groups excluding tert-OH is 1. The topological polar surface area (TPSA) is 66.3 Å². The lowest BCUT2D eigenvalue weighted by Crippen LogP contribution is -2.36. The molecular weight excluding hydrogens is 431 g/mol. The molecule has 0 spiro atoms. The SMILES string of the molecule is CO.O=CC1CCCN(c2ncnc3cccc(-c4cc(Cl)cc(C(F)(F)F)c4)c23)C1. The van der Waals surface area contributed by atoms with Crippen molar-refractivity contribution in [3.05, 3.63) is 53.3 Å². The van der Waals surface area contributed by atoms with Crippen LogP contribution in [0.2, 0.25) is 5.02 Å². The summed E-state index contributed by atoms with van der Waals surface area (Å²) in [6, 6.07) is 8.77. The Bertz CT molecular complexity index is 1070. The van der Waals surface area contributed by atoms with E-state index in [4.69, 9.17) is 16.7 Å². The molecule has 31 heavy (non-hydrogen) atoms. The maximum absolute atomic E-state index is 13.3. The minimum atomic E-state index is -4.51. The predicted molar refractivity (Wildman–Crippen MR) is 114 cm³/mol. The van der Waals surface area contributed by atoms with E-state index in [1.165, 1.54) is 12.4 Å². The number of benzene rings is 2. The first-order valence-electron chi connectivity index (χ1n) is 9.63. The molecule has 1 fully saturated rings. The zero-order valence-electron chi connectivity index (χ0n) is 16.7. The third-order valence-electron chi connectivity index (χ3n) is 5.13. The van der Waals surface area contributed by atoms with Crippen molar-refractivity contribution in [1.82, 2.24) is 9.97 Å². The average molecular weight is 452 g/mol. The van der Waals surface area contributed by atoms with Crippen molar-refractivity contribution in [2.45, 2.75) is 19.0 Å². The van der Waals surface area contributed by atoms with Gasteiger partial charge in [-0.3, -0.25) is 0 Å². The molecule has 9 heteroatoms. The first-order chi connectivity index (χ1) is 14.9. The molecule has 1 aliphatic heterocycles. The van der Waals surface area contributed by atoms with Crippen LogP contribution in [-0.2, 0) is 11.0 Å². The fraction of sp³-hybridized carbons (Fsp3) is 0.318. The summed E-state index contributed by atoms with van der Waals surface area (Å²) in [6.07, 6.45) is -0.465. The summed E-state index contributed by atoms with van der Waals surface area (Å²) in [5.41, 5.74) is 0.721. The van der Waals surface area contributed by atoms with Gasteiger partial charge < -0.3 is 14.8 Å². The highest BCUT2D eigenvalue weighted by molar-refractivity contribution is 6.31. The van der Waals surface area contributed by atoms with Gasteiger partial charge in [0, 0.05) is 31.1 Å². The van der Waals surface area contributed by atoms with Crippen molar-refractivity contribution in [3.63, 3.8) is 0 Å². The van der Waals surface area contributed by atoms with Crippen LogP contribution in [-0.4, -0.2) is 41.6 Å². The first kappa shape index (κ1) is 23.0. The second-order valence-corrected chi connectivity index (χ2v) is 7.54. The number of alkyl halides is 3. The van der Waals surface area contributed by atoms with Gasteiger partial charge in [0.05, 0.1) is 16.5 Å². The number of anilines is 1. The van der Waals surface area contributed by atoms with E-state index in [-0.39, 0.29) is 10.9 Å². The number of fused-ring (bicyclic) bond motifs is 1. The zero-order valence-corrected chi connectivity index (χ0v) is 17.5. The Morgan fingerprint density at radius 2 is 1.97 bits per heavy atom. The van der Waals surface area contributed by atoms with Gasteiger partial charge in [0.2, 0.25) is 0 Å². The molecule has 0 aliphatic carbocycles. The number of piperidine rings is 1. The van der Waals surface area contributed by atoms with E-state index >= 15 is 0 Å². The number of hydrogen-bond acceptors (Lipinski definition) is 5. The Morgan fingerprint density at radius 1 is 1.19 bits per heavy atom. The molecule has 4 rings (SSSR count). The fourth-order valence-electron chi connectivity index (χ4n) is 3.80. The van der Waals surface area contributed by atoms with Crippen LogP contribution in [0.1, 0.15) is 18.4 Å². The van der Waals surface area contributed by atoms with Gasteiger partial charge >= 0.3 is 6.18 Å². The van der Waals surface area contributed by atoms with Crippen LogP contribution in [0.5, 0.6) is 0 Å². The number of aldehydes is 1. The maximum atomic E-state index is 13.3. The third kappa shape index (κ3) is 4.97. The lowest BCUT2D eigenvalue weighted by atomic mass is 9.96. The molecule has 1 saturated heterocycles. The van der Waals surface area contributed by atoms with Crippen molar-refractivity contribution in [2.24, 2.45) is 5.92 Å². The molecule has 5 nitrogen and oxygen atoms in total. The molecule has 1 aromatic heterocycles. The molecule has 1 aliphatic rings. The highest BCUT2D eigenvalue weighted by Gasteiger charge is 2.31. The maximum Gasteiger partial charge on any atom is 0.416 e.